The van der Waals surface area contributed by atoms with Crippen LogP contribution in [0.4, 0.5) is 0 Å². The molecule has 0 spiro atoms. The van der Waals surface area contributed by atoms with E-state index in [2.05, 4.69) is 26.7 Å². The van der Waals surface area contributed by atoms with Crippen LogP contribution in [0.2, 0.25) is 0 Å². The average molecular weight is 255 g/mol. The Morgan fingerprint density at radius 2 is 2.21 bits per heavy atom. The first-order valence-corrected chi connectivity index (χ1v) is 6.87. The molecule has 0 saturated carbocycles. The minimum atomic E-state index is 0.383. The van der Waals surface area contributed by atoms with E-state index in [4.69, 9.17) is 0 Å². The number of hydrogen-bond acceptors (Lipinski definition) is 3. The molecule has 0 saturated heterocycles. The summed E-state index contributed by atoms with van der Waals surface area (Å²) in [5.74, 6) is 1.55. The monoisotopic (exact) mass is 255 g/mol. The quantitative estimate of drug-likeness (QED) is 0.848. The molecule has 1 unspecified atom stereocenters. The molecule has 98 valence electrons. The smallest absolute Gasteiger partial charge is 0.122 e. The lowest BCUT2D eigenvalue weighted by atomic mass is 10.1. The number of aromatic nitrogens is 2. The second-order valence-corrected chi connectivity index (χ2v) is 5.44. The maximum absolute atomic E-state index is 9.57. The van der Waals surface area contributed by atoms with Gasteiger partial charge in [-0.2, -0.15) is 0 Å². The molecule has 2 aromatic rings. The Balaban J connectivity index is 1.63. The minimum Gasteiger partial charge on any atom is -0.508 e. The van der Waals surface area contributed by atoms with E-state index in [1.54, 1.807) is 0 Å². The normalized spacial score (nSPS) is 22.2. The van der Waals surface area contributed by atoms with Crippen LogP contribution in [0, 0.1) is 0 Å². The SMILES string of the molecule is Oc1ccc2c(c1)CCC2N1CCn2ccnc2C1. The Hall–Kier alpha value is -1.81. The number of phenolic OH excluding ortho intramolecular Hbond substituents is 1. The van der Waals surface area contributed by atoms with Gasteiger partial charge in [0, 0.05) is 31.5 Å². The molecule has 2 aliphatic rings. The van der Waals surface area contributed by atoms with Crippen molar-refractivity contribution in [1.29, 1.82) is 0 Å². The van der Waals surface area contributed by atoms with Gasteiger partial charge in [-0.3, -0.25) is 4.90 Å². The fourth-order valence-electron chi connectivity index (χ4n) is 3.42. The van der Waals surface area contributed by atoms with Crippen molar-refractivity contribution in [2.75, 3.05) is 6.54 Å². The Kier molecular flexibility index (Phi) is 2.38. The van der Waals surface area contributed by atoms with Crippen LogP contribution in [-0.4, -0.2) is 26.1 Å². The van der Waals surface area contributed by atoms with Crippen molar-refractivity contribution >= 4 is 0 Å². The molecule has 1 atom stereocenters. The number of aromatic hydroxyl groups is 1. The van der Waals surface area contributed by atoms with Crippen LogP contribution < -0.4 is 0 Å². The summed E-state index contributed by atoms with van der Waals surface area (Å²) in [7, 11) is 0. The number of rotatable bonds is 1. The number of aryl methyl sites for hydroxylation is 1. The molecule has 4 heteroatoms. The zero-order valence-corrected chi connectivity index (χ0v) is 10.8. The zero-order valence-electron chi connectivity index (χ0n) is 10.8. The standard InChI is InChI=1S/C15H17N3O/c19-12-2-3-13-11(9-12)1-4-14(13)18-8-7-17-6-5-16-15(17)10-18/h2-3,5-6,9,14,19H,1,4,7-8,10H2. The van der Waals surface area contributed by atoms with Crippen LogP contribution in [0.3, 0.4) is 0 Å². The first kappa shape index (κ1) is 11.1. The highest BCUT2D eigenvalue weighted by Crippen LogP contribution is 2.38. The molecule has 0 fully saturated rings. The van der Waals surface area contributed by atoms with Crippen LogP contribution in [0.5, 0.6) is 5.75 Å². The molecule has 1 aliphatic carbocycles. The van der Waals surface area contributed by atoms with Crippen LogP contribution in [0.15, 0.2) is 30.6 Å². The van der Waals surface area contributed by atoms with Gasteiger partial charge in [-0.15, -0.1) is 0 Å². The summed E-state index contributed by atoms with van der Waals surface area (Å²) < 4.78 is 2.24. The molecule has 2 heterocycles. The van der Waals surface area contributed by atoms with E-state index in [0.717, 1.165) is 32.5 Å². The largest absolute Gasteiger partial charge is 0.508 e. The number of nitrogens with zero attached hydrogens (tertiary/aromatic N) is 3. The van der Waals surface area contributed by atoms with Crippen molar-refractivity contribution in [3.05, 3.63) is 47.5 Å². The Morgan fingerprint density at radius 3 is 3.16 bits per heavy atom. The van der Waals surface area contributed by atoms with Gasteiger partial charge >= 0.3 is 0 Å². The highest BCUT2D eigenvalue weighted by molar-refractivity contribution is 5.40. The second-order valence-electron chi connectivity index (χ2n) is 5.44. The summed E-state index contributed by atoms with van der Waals surface area (Å²) in [5.41, 5.74) is 2.69. The molecule has 19 heavy (non-hydrogen) atoms. The number of phenols is 1. The van der Waals surface area contributed by atoms with Gasteiger partial charge < -0.3 is 9.67 Å². The first-order valence-electron chi connectivity index (χ1n) is 6.87. The lowest BCUT2D eigenvalue weighted by Gasteiger charge is -2.33. The van der Waals surface area contributed by atoms with E-state index in [0.29, 0.717) is 11.8 Å². The maximum atomic E-state index is 9.57. The van der Waals surface area contributed by atoms with E-state index in [1.165, 1.54) is 17.0 Å². The lowest BCUT2D eigenvalue weighted by Crippen LogP contribution is -2.35. The predicted octanol–water partition coefficient (Wildman–Crippen LogP) is 2.09. The van der Waals surface area contributed by atoms with Crippen molar-refractivity contribution < 1.29 is 5.11 Å². The molecule has 1 N–H and O–H groups in total. The summed E-state index contributed by atoms with van der Waals surface area (Å²) in [4.78, 5) is 6.95. The van der Waals surface area contributed by atoms with Crippen molar-refractivity contribution in [2.24, 2.45) is 0 Å². The molecule has 0 bridgehead atoms. The van der Waals surface area contributed by atoms with Crippen LogP contribution in [0.25, 0.3) is 0 Å². The van der Waals surface area contributed by atoms with Gasteiger partial charge in [-0.1, -0.05) is 6.07 Å². The van der Waals surface area contributed by atoms with Gasteiger partial charge in [-0.05, 0) is 36.1 Å². The van der Waals surface area contributed by atoms with Crippen LogP contribution in [-0.2, 0) is 19.5 Å². The van der Waals surface area contributed by atoms with E-state index in [1.807, 2.05) is 18.3 Å². The van der Waals surface area contributed by atoms with Crippen molar-refractivity contribution in [3.8, 4) is 5.75 Å². The summed E-state index contributed by atoms with van der Waals surface area (Å²) in [6.07, 6.45) is 6.17. The van der Waals surface area contributed by atoms with E-state index in [-0.39, 0.29) is 0 Å². The molecule has 0 radical (unpaired) electrons. The average Bonchev–Trinajstić information content (AvgIpc) is 3.02. The topological polar surface area (TPSA) is 41.3 Å². The molecular formula is C15H17N3O. The molecule has 0 amide bonds. The van der Waals surface area contributed by atoms with Crippen molar-refractivity contribution in [1.82, 2.24) is 14.5 Å². The number of hydrogen-bond donors (Lipinski definition) is 1. The Labute approximate surface area is 112 Å². The van der Waals surface area contributed by atoms with E-state index < -0.39 is 0 Å². The van der Waals surface area contributed by atoms with Gasteiger partial charge in [0.15, 0.2) is 0 Å². The predicted molar refractivity (Wildman–Crippen MR) is 71.8 cm³/mol. The zero-order chi connectivity index (χ0) is 12.8. The number of fused-ring (bicyclic) bond motifs is 2. The lowest BCUT2D eigenvalue weighted by molar-refractivity contribution is 0.152. The van der Waals surface area contributed by atoms with Gasteiger partial charge in [0.25, 0.3) is 0 Å². The van der Waals surface area contributed by atoms with Gasteiger partial charge in [0.1, 0.15) is 11.6 Å². The van der Waals surface area contributed by atoms with Gasteiger partial charge in [0.05, 0.1) is 6.54 Å². The van der Waals surface area contributed by atoms with E-state index in [9.17, 15) is 5.11 Å². The highest BCUT2D eigenvalue weighted by Gasteiger charge is 2.30. The molecule has 1 aromatic heterocycles. The molecule has 4 rings (SSSR count). The molecule has 4 nitrogen and oxygen atoms in total. The molecular weight excluding hydrogens is 238 g/mol. The summed E-state index contributed by atoms with van der Waals surface area (Å²) >= 11 is 0. The summed E-state index contributed by atoms with van der Waals surface area (Å²) in [6, 6.07) is 6.30. The Bertz CT molecular complexity index is 620. The Morgan fingerprint density at radius 1 is 1.26 bits per heavy atom. The first-order chi connectivity index (χ1) is 9.31. The van der Waals surface area contributed by atoms with Gasteiger partial charge in [-0.25, -0.2) is 4.98 Å². The third-order valence-electron chi connectivity index (χ3n) is 4.39. The van der Waals surface area contributed by atoms with Crippen LogP contribution >= 0.6 is 0 Å². The fourth-order valence-corrected chi connectivity index (χ4v) is 3.42. The molecule has 1 aromatic carbocycles. The summed E-state index contributed by atoms with van der Waals surface area (Å²) in [6.45, 7) is 3.03. The second kappa shape index (κ2) is 4.10. The third kappa shape index (κ3) is 1.75. The van der Waals surface area contributed by atoms with Gasteiger partial charge in [0.2, 0.25) is 0 Å². The number of imidazole rings is 1. The van der Waals surface area contributed by atoms with Crippen molar-refractivity contribution in [3.63, 3.8) is 0 Å². The fraction of sp³-hybridized carbons (Fsp3) is 0.400. The maximum Gasteiger partial charge on any atom is 0.122 e. The molecule has 1 aliphatic heterocycles. The third-order valence-corrected chi connectivity index (χ3v) is 4.39. The van der Waals surface area contributed by atoms with Crippen molar-refractivity contribution in [2.45, 2.75) is 32.0 Å². The highest BCUT2D eigenvalue weighted by atomic mass is 16.3. The van der Waals surface area contributed by atoms with E-state index >= 15 is 0 Å². The minimum absolute atomic E-state index is 0.383. The summed E-state index contributed by atoms with van der Waals surface area (Å²) in [5, 5.41) is 9.57. The number of benzene rings is 1. The van der Waals surface area contributed by atoms with Crippen LogP contribution in [0.1, 0.15) is 29.4 Å².